The van der Waals surface area contributed by atoms with E-state index in [1.807, 2.05) is 0 Å². The second-order valence-electron chi connectivity index (χ2n) is 3.53. The third kappa shape index (κ3) is 2.48. The highest BCUT2D eigenvalue weighted by Gasteiger charge is 2.39. The van der Waals surface area contributed by atoms with E-state index >= 15 is 0 Å². The second-order valence-corrected chi connectivity index (χ2v) is 3.53. The van der Waals surface area contributed by atoms with Crippen LogP contribution in [-0.2, 0) is 9.47 Å². The molecule has 1 unspecified atom stereocenters. The zero-order chi connectivity index (χ0) is 10.4. The van der Waals surface area contributed by atoms with E-state index in [0.29, 0.717) is 19.6 Å². The van der Waals surface area contributed by atoms with Gasteiger partial charge in [-0.2, -0.15) is 0 Å². The Labute approximate surface area is 85.4 Å². The maximum atomic E-state index is 9.97. The summed E-state index contributed by atoms with van der Waals surface area (Å²) in [6.45, 7) is 3.09. The van der Waals surface area contributed by atoms with Crippen molar-refractivity contribution in [2.24, 2.45) is 0 Å². The van der Waals surface area contributed by atoms with Gasteiger partial charge in [-0.1, -0.05) is 0 Å². The van der Waals surface area contributed by atoms with Gasteiger partial charge in [0.2, 0.25) is 0 Å². The van der Waals surface area contributed by atoms with Crippen molar-refractivity contribution in [3.8, 4) is 11.8 Å². The quantitative estimate of drug-likeness (QED) is 0.686. The van der Waals surface area contributed by atoms with Gasteiger partial charge in [-0.05, 0) is 6.92 Å². The normalized spacial score (nSPS) is 22.2. The van der Waals surface area contributed by atoms with Gasteiger partial charge in [-0.25, -0.2) is 0 Å². The summed E-state index contributed by atoms with van der Waals surface area (Å²) < 4.78 is 10.7. The molecule has 1 heterocycles. The molecule has 1 rings (SSSR count). The molecule has 0 saturated carbocycles. The van der Waals surface area contributed by atoms with Gasteiger partial charge in [0.25, 0.3) is 0 Å². The highest BCUT2D eigenvalue weighted by Crippen LogP contribution is 2.29. The predicted molar refractivity (Wildman–Crippen MR) is 53.9 cm³/mol. The van der Waals surface area contributed by atoms with E-state index in [2.05, 4.69) is 11.8 Å². The van der Waals surface area contributed by atoms with Crippen molar-refractivity contribution in [1.82, 2.24) is 0 Å². The lowest BCUT2D eigenvalue weighted by atomic mass is 9.86. The molecule has 0 aliphatic carbocycles. The van der Waals surface area contributed by atoms with Gasteiger partial charge in [-0.3, -0.25) is 0 Å². The Morgan fingerprint density at radius 1 is 1.50 bits per heavy atom. The highest BCUT2D eigenvalue weighted by atomic mass is 16.5. The fourth-order valence-electron chi connectivity index (χ4n) is 1.78. The third-order valence-electron chi connectivity index (χ3n) is 2.83. The summed E-state index contributed by atoms with van der Waals surface area (Å²) in [5, 5.41) is 9.97. The number of hydrogen-bond donors (Lipinski definition) is 1. The number of aliphatic hydroxyl groups is 1. The van der Waals surface area contributed by atoms with Crippen molar-refractivity contribution in [3.05, 3.63) is 0 Å². The Morgan fingerprint density at radius 3 is 2.64 bits per heavy atom. The second kappa shape index (κ2) is 5.35. The standard InChI is InChI=1S/C11H18O3/c1-3-4-5-10(12)11(13-2)6-8-14-9-7-11/h10,12H,5-9H2,1-2H3. The molecule has 1 N–H and O–H groups in total. The van der Waals surface area contributed by atoms with Crippen molar-refractivity contribution in [2.75, 3.05) is 20.3 Å². The third-order valence-corrected chi connectivity index (χ3v) is 2.83. The Kier molecular flexibility index (Phi) is 4.40. The van der Waals surface area contributed by atoms with Crippen LogP contribution in [0.2, 0.25) is 0 Å². The van der Waals surface area contributed by atoms with Crippen LogP contribution < -0.4 is 0 Å². The van der Waals surface area contributed by atoms with E-state index < -0.39 is 11.7 Å². The molecule has 0 aromatic rings. The molecule has 1 fully saturated rings. The zero-order valence-corrected chi connectivity index (χ0v) is 8.88. The van der Waals surface area contributed by atoms with Gasteiger partial charge < -0.3 is 14.6 Å². The lowest BCUT2D eigenvalue weighted by Crippen LogP contribution is -2.48. The first-order chi connectivity index (χ1) is 6.75. The van der Waals surface area contributed by atoms with Crippen LogP contribution in [0, 0.1) is 11.8 Å². The van der Waals surface area contributed by atoms with Gasteiger partial charge in [0.1, 0.15) is 0 Å². The van der Waals surface area contributed by atoms with Crippen LogP contribution in [0.3, 0.4) is 0 Å². The maximum absolute atomic E-state index is 9.97. The Balaban J connectivity index is 2.60. The Hall–Kier alpha value is -0.560. The van der Waals surface area contributed by atoms with E-state index in [-0.39, 0.29) is 0 Å². The smallest absolute Gasteiger partial charge is 0.0989 e. The average Bonchev–Trinajstić information content (AvgIpc) is 2.26. The molecule has 0 aromatic carbocycles. The van der Waals surface area contributed by atoms with E-state index in [1.54, 1.807) is 14.0 Å². The van der Waals surface area contributed by atoms with Crippen LogP contribution in [0.4, 0.5) is 0 Å². The first-order valence-corrected chi connectivity index (χ1v) is 4.96. The van der Waals surface area contributed by atoms with Crippen molar-refractivity contribution < 1.29 is 14.6 Å². The number of hydrogen-bond acceptors (Lipinski definition) is 3. The highest BCUT2D eigenvalue weighted by molar-refractivity contribution is 5.02. The molecule has 0 aromatic heterocycles. The van der Waals surface area contributed by atoms with Gasteiger partial charge in [0.15, 0.2) is 0 Å². The van der Waals surface area contributed by atoms with Gasteiger partial charge in [0.05, 0.1) is 11.7 Å². The molecule has 14 heavy (non-hydrogen) atoms. The monoisotopic (exact) mass is 198 g/mol. The number of methoxy groups -OCH3 is 1. The van der Waals surface area contributed by atoms with Crippen molar-refractivity contribution in [3.63, 3.8) is 0 Å². The topological polar surface area (TPSA) is 38.7 Å². The molecule has 3 heteroatoms. The minimum absolute atomic E-state index is 0.442. The van der Waals surface area contributed by atoms with Crippen LogP contribution in [0.25, 0.3) is 0 Å². The molecule has 0 radical (unpaired) electrons. The minimum atomic E-state index is -0.510. The average molecular weight is 198 g/mol. The summed E-state index contributed by atoms with van der Waals surface area (Å²) in [6.07, 6.45) is 1.46. The first-order valence-electron chi connectivity index (χ1n) is 4.96. The molecule has 3 nitrogen and oxygen atoms in total. The molecule has 1 saturated heterocycles. The fourth-order valence-corrected chi connectivity index (χ4v) is 1.78. The molecular formula is C11H18O3. The lowest BCUT2D eigenvalue weighted by molar-refractivity contribution is -0.150. The number of ether oxygens (including phenoxy) is 2. The fraction of sp³-hybridized carbons (Fsp3) is 0.818. The predicted octanol–water partition coefficient (Wildman–Crippen LogP) is 0.956. The van der Waals surface area contributed by atoms with Crippen molar-refractivity contribution in [1.29, 1.82) is 0 Å². The van der Waals surface area contributed by atoms with E-state index in [0.717, 1.165) is 12.8 Å². The van der Waals surface area contributed by atoms with E-state index in [1.165, 1.54) is 0 Å². The van der Waals surface area contributed by atoms with Crippen LogP contribution in [0.15, 0.2) is 0 Å². The van der Waals surface area contributed by atoms with Crippen LogP contribution in [-0.4, -0.2) is 37.1 Å². The summed E-state index contributed by atoms with van der Waals surface area (Å²) in [5.41, 5.74) is -0.442. The van der Waals surface area contributed by atoms with Gasteiger partial charge >= 0.3 is 0 Å². The SMILES string of the molecule is CC#CCC(O)C1(OC)CCOCC1. The molecule has 0 spiro atoms. The zero-order valence-electron chi connectivity index (χ0n) is 8.88. The number of rotatable bonds is 3. The molecule has 1 aliphatic rings. The molecule has 80 valence electrons. The van der Waals surface area contributed by atoms with Gasteiger partial charge in [-0.15, -0.1) is 11.8 Å². The molecule has 1 atom stereocenters. The summed E-state index contributed by atoms with van der Waals surface area (Å²) in [6, 6.07) is 0. The summed E-state index contributed by atoms with van der Waals surface area (Å²) in [5.74, 6) is 5.67. The largest absolute Gasteiger partial charge is 0.389 e. The van der Waals surface area contributed by atoms with Crippen molar-refractivity contribution in [2.45, 2.75) is 37.9 Å². The molecule has 0 bridgehead atoms. The van der Waals surface area contributed by atoms with Crippen molar-refractivity contribution >= 4 is 0 Å². The van der Waals surface area contributed by atoms with Crippen LogP contribution in [0.5, 0.6) is 0 Å². The van der Waals surface area contributed by atoms with Gasteiger partial charge in [0, 0.05) is 39.6 Å². The summed E-state index contributed by atoms with van der Waals surface area (Å²) in [4.78, 5) is 0. The van der Waals surface area contributed by atoms with Crippen LogP contribution >= 0.6 is 0 Å². The molecular weight excluding hydrogens is 180 g/mol. The molecule has 1 aliphatic heterocycles. The minimum Gasteiger partial charge on any atom is -0.389 e. The van der Waals surface area contributed by atoms with E-state index in [9.17, 15) is 5.11 Å². The first kappa shape index (κ1) is 11.5. The lowest BCUT2D eigenvalue weighted by Gasteiger charge is -2.39. The Morgan fingerprint density at radius 2 is 2.14 bits per heavy atom. The maximum Gasteiger partial charge on any atom is 0.0989 e. The Bertz CT molecular complexity index is 220. The number of aliphatic hydroxyl groups excluding tert-OH is 1. The molecule has 0 amide bonds. The summed E-state index contributed by atoms with van der Waals surface area (Å²) >= 11 is 0. The van der Waals surface area contributed by atoms with E-state index in [4.69, 9.17) is 9.47 Å². The van der Waals surface area contributed by atoms with Crippen LogP contribution in [0.1, 0.15) is 26.2 Å². The summed E-state index contributed by atoms with van der Waals surface area (Å²) in [7, 11) is 1.65.